The molecule has 0 aliphatic rings. The van der Waals surface area contributed by atoms with E-state index >= 15 is 0 Å². The van der Waals surface area contributed by atoms with E-state index in [0.29, 0.717) is 6.42 Å². The number of phosphoric ester groups is 1. The molecule has 50 heavy (non-hydrogen) atoms. The van der Waals surface area contributed by atoms with Crippen molar-refractivity contribution in [1.29, 1.82) is 0 Å². The number of aliphatic hydroxyl groups excluding tert-OH is 1. The van der Waals surface area contributed by atoms with E-state index in [2.05, 4.69) is 31.3 Å². The molecule has 0 aromatic rings. The number of carbonyl (C=O) groups excluding carboxylic acids is 1. The van der Waals surface area contributed by atoms with Gasteiger partial charge in [0.25, 0.3) is 0 Å². The fourth-order valence-electron chi connectivity index (χ4n) is 6.09. The first-order valence-corrected chi connectivity index (χ1v) is 22.5. The third-order valence-corrected chi connectivity index (χ3v) is 10.3. The monoisotopic (exact) mass is 729 g/mol. The lowest BCUT2D eigenvalue weighted by molar-refractivity contribution is -0.123. The zero-order valence-corrected chi connectivity index (χ0v) is 33.5. The molecule has 0 fully saturated rings. The minimum Gasteiger partial charge on any atom is -0.387 e. The molecule has 0 aliphatic carbocycles. The summed E-state index contributed by atoms with van der Waals surface area (Å²) in [5, 5.41) is 13.6. The summed E-state index contributed by atoms with van der Waals surface area (Å²) in [4.78, 5) is 22.6. The third kappa shape index (κ3) is 35.4. The smallest absolute Gasteiger partial charge is 0.387 e. The van der Waals surface area contributed by atoms with Crippen molar-refractivity contribution in [1.82, 2.24) is 5.32 Å². The van der Waals surface area contributed by atoms with E-state index in [-0.39, 0.29) is 25.7 Å². The summed E-state index contributed by atoms with van der Waals surface area (Å²) in [6, 6.07) is -0.871. The van der Waals surface area contributed by atoms with Gasteiger partial charge in [-0.15, -0.1) is 0 Å². The Balaban J connectivity index is 4.14. The molecule has 8 nitrogen and oxygen atoms in total. The molecule has 3 unspecified atom stereocenters. The van der Waals surface area contributed by atoms with Crippen molar-refractivity contribution in [2.24, 2.45) is 5.73 Å². The Labute approximate surface area is 308 Å². The number of nitrogens with two attached hydrogens (primary N) is 1. The van der Waals surface area contributed by atoms with Crippen LogP contribution in [0.25, 0.3) is 0 Å². The van der Waals surface area contributed by atoms with Crippen LogP contribution in [0.1, 0.15) is 200 Å². The standard InChI is InChI=1S/C41H81N2O6P/c1-3-5-7-9-11-13-15-16-17-18-19-20-21-22-23-25-27-29-31-33-35-41(45)43-39(38-49-50(46,47)48-37-36-42)40(44)34-32-30-28-26-24-14-12-10-8-6-4-2/h24,26,32,34,39-40,44H,3-23,25,27-31,33,35-38,42H2,1-2H3,(H,43,45)(H,46,47)/b26-24+,34-32+. The number of hydrogen-bond donors (Lipinski definition) is 4. The summed E-state index contributed by atoms with van der Waals surface area (Å²) in [5.41, 5.74) is 5.36. The van der Waals surface area contributed by atoms with Gasteiger partial charge in [-0.3, -0.25) is 13.8 Å². The number of allylic oxidation sites excluding steroid dienone is 3. The van der Waals surface area contributed by atoms with Gasteiger partial charge in [0, 0.05) is 13.0 Å². The van der Waals surface area contributed by atoms with Crippen LogP contribution in [0.5, 0.6) is 0 Å². The zero-order valence-electron chi connectivity index (χ0n) is 32.6. The second-order valence-electron chi connectivity index (χ2n) is 14.2. The molecule has 5 N–H and O–H groups in total. The van der Waals surface area contributed by atoms with Gasteiger partial charge in [-0.1, -0.05) is 186 Å². The zero-order chi connectivity index (χ0) is 36.8. The number of rotatable bonds is 39. The number of amides is 1. The number of phosphoric acid groups is 1. The highest BCUT2D eigenvalue weighted by Gasteiger charge is 2.26. The van der Waals surface area contributed by atoms with Crippen molar-refractivity contribution in [3.05, 3.63) is 24.3 Å². The van der Waals surface area contributed by atoms with Crippen LogP contribution in [0.15, 0.2) is 24.3 Å². The Morgan fingerprint density at radius 1 is 0.640 bits per heavy atom. The number of hydrogen-bond acceptors (Lipinski definition) is 6. The van der Waals surface area contributed by atoms with Gasteiger partial charge in [-0.2, -0.15) is 0 Å². The van der Waals surface area contributed by atoms with Gasteiger partial charge >= 0.3 is 7.82 Å². The van der Waals surface area contributed by atoms with E-state index in [4.69, 9.17) is 14.8 Å². The molecular weight excluding hydrogens is 647 g/mol. The summed E-state index contributed by atoms with van der Waals surface area (Å²) in [6.45, 7) is 4.10. The van der Waals surface area contributed by atoms with Gasteiger partial charge in [0.2, 0.25) is 5.91 Å². The Morgan fingerprint density at radius 3 is 1.54 bits per heavy atom. The normalized spacial score (nSPS) is 14.4. The maximum Gasteiger partial charge on any atom is 0.472 e. The molecule has 0 saturated heterocycles. The second-order valence-corrected chi connectivity index (χ2v) is 15.7. The molecule has 0 rings (SSSR count). The van der Waals surface area contributed by atoms with Crippen molar-refractivity contribution >= 4 is 13.7 Å². The first-order chi connectivity index (χ1) is 24.4. The van der Waals surface area contributed by atoms with Crippen LogP contribution < -0.4 is 11.1 Å². The Morgan fingerprint density at radius 2 is 1.06 bits per heavy atom. The topological polar surface area (TPSA) is 131 Å². The van der Waals surface area contributed by atoms with Gasteiger partial charge in [0.05, 0.1) is 25.4 Å². The van der Waals surface area contributed by atoms with Crippen molar-refractivity contribution in [2.45, 2.75) is 212 Å². The van der Waals surface area contributed by atoms with Crippen molar-refractivity contribution in [2.75, 3.05) is 19.8 Å². The summed E-state index contributed by atoms with van der Waals surface area (Å²) in [7, 11) is -4.34. The van der Waals surface area contributed by atoms with E-state index in [9.17, 15) is 19.4 Å². The van der Waals surface area contributed by atoms with Crippen LogP contribution >= 0.6 is 7.82 Å². The highest BCUT2D eigenvalue weighted by molar-refractivity contribution is 7.47. The molecule has 0 aliphatic heterocycles. The van der Waals surface area contributed by atoms with Gasteiger partial charge in [-0.05, 0) is 32.1 Å². The molecule has 0 bridgehead atoms. The molecule has 0 heterocycles. The summed E-state index contributed by atoms with van der Waals surface area (Å²) >= 11 is 0. The summed E-state index contributed by atoms with van der Waals surface area (Å²) < 4.78 is 22.0. The fraction of sp³-hybridized carbons (Fsp3) is 0.878. The van der Waals surface area contributed by atoms with Crippen LogP contribution in [0.3, 0.4) is 0 Å². The van der Waals surface area contributed by atoms with E-state index in [1.165, 1.54) is 141 Å². The van der Waals surface area contributed by atoms with Crippen LogP contribution in [0.4, 0.5) is 0 Å². The van der Waals surface area contributed by atoms with Crippen molar-refractivity contribution < 1.29 is 28.4 Å². The maximum atomic E-state index is 12.7. The Hall–Kier alpha value is -1.02. The third-order valence-electron chi connectivity index (χ3n) is 9.28. The first-order valence-electron chi connectivity index (χ1n) is 21.0. The largest absolute Gasteiger partial charge is 0.472 e. The minimum absolute atomic E-state index is 0.0756. The number of unbranched alkanes of at least 4 members (excludes halogenated alkanes) is 25. The first kappa shape index (κ1) is 49.0. The average Bonchev–Trinajstić information content (AvgIpc) is 3.10. The number of carbonyl (C=O) groups is 1. The molecule has 0 radical (unpaired) electrons. The van der Waals surface area contributed by atoms with E-state index in [0.717, 1.165) is 38.5 Å². The van der Waals surface area contributed by atoms with Gasteiger partial charge in [0.15, 0.2) is 0 Å². The summed E-state index contributed by atoms with van der Waals surface area (Å²) in [6.07, 6.45) is 42.4. The molecule has 0 saturated carbocycles. The molecule has 0 aromatic heterocycles. The lowest BCUT2D eigenvalue weighted by atomic mass is 10.0. The SMILES string of the molecule is CCCCCCC/C=C/CC/C=C/C(O)C(COP(=O)(O)OCCN)NC(=O)CCCCCCCCCCCCCCCCCCCCCC. The summed E-state index contributed by atoms with van der Waals surface area (Å²) in [5.74, 6) is -0.203. The van der Waals surface area contributed by atoms with Crippen LogP contribution in [-0.2, 0) is 18.4 Å². The number of nitrogens with one attached hydrogen (secondary N) is 1. The van der Waals surface area contributed by atoms with Crippen molar-refractivity contribution in [3.8, 4) is 0 Å². The van der Waals surface area contributed by atoms with Crippen molar-refractivity contribution in [3.63, 3.8) is 0 Å². The molecular formula is C41H81N2O6P. The maximum absolute atomic E-state index is 12.7. The van der Waals surface area contributed by atoms with Crippen LogP contribution in [-0.4, -0.2) is 47.8 Å². The number of aliphatic hydroxyl groups is 1. The van der Waals surface area contributed by atoms with E-state index in [1.807, 2.05) is 6.08 Å². The fourth-order valence-corrected chi connectivity index (χ4v) is 6.85. The predicted octanol–water partition coefficient (Wildman–Crippen LogP) is 11.4. The van der Waals surface area contributed by atoms with E-state index < -0.39 is 20.0 Å². The molecule has 0 aromatic carbocycles. The lowest BCUT2D eigenvalue weighted by Crippen LogP contribution is -2.45. The highest BCUT2D eigenvalue weighted by atomic mass is 31.2. The Kier molecular flexibility index (Phi) is 37.0. The van der Waals surface area contributed by atoms with E-state index in [1.54, 1.807) is 6.08 Å². The minimum atomic E-state index is -4.34. The average molecular weight is 729 g/mol. The van der Waals surface area contributed by atoms with Gasteiger partial charge < -0.3 is 21.1 Å². The Bertz CT molecular complexity index is 840. The quantitative estimate of drug-likeness (QED) is 0.0281. The molecule has 1 amide bonds. The molecule has 3 atom stereocenters. The van der Waals surface area contributed by atoms with Crippen LogP contribution in [0, 0.1) is 0 Å². The van der Waals surface area contributed by atoms with Gasteiger partial charge in [-0.25, -0.2) is 4.57 Å². The van der Waals surface area contributed by atoms with Crippen LogP contribution in [0.2, 0.25) is 0 Å². The van der Waals surface area contributed by atoms with Gasteiger partial charge in [0.1, 0.15) is 0 Å². The highest BCUT2D eigenvalue weighted by Crippen LogP contribution is 2.43. The molecule has 0 spiro atoms. The second kappa shape index (κ2) is 37.7. The lowest BCUT2D eigenvalue weighted by Gasteiger charge is -2.23. The molecule has 296 valence electrons. The predicted molar refractivity (Wildman–Crippen MR) is 212 cm³/mol. The molecule has 9 heteroatoms.